The lowest BCUT2D eigenvalue weighted by molar-refractivity contribution is -0.263. The Balaban J connectivity index is 0.000000194. The molecule has 16 rings (SSSR count). The molecule has 2 N–H and O–H groups in total. The zero-order chi connectivity index (χ0) is 74.6. The molecule has 0 amide bonds. The number of aliphatic hydroxyl groups excluding tert-OH is 2. The van der Waals surface area contributed by atoms with Crippen molar-refractivity contribution in [3.8, 4) is 0 Å². The molecule has 0 aromatic heterocycles. The number of ether oxygens (including phenoxy) is 14. The number of rotatable bonds is 28. The molecule has 584 valence electrons. The third-order valence-corrected chi connectivity index (χ3v) is 27.3. The molecule has 16 aliphatic heterocycles. The van der Waals surface area contributed by atoms with Gasteiger partial charge in [-0.2, -0.15) is 19.2 Å². The minimum atomic E-state index is -0.747. The van der Waals surface area contributed by atoms with E-state index < -0.39 is 17.7 Å². The second-order valence-corrected chi connectivity index (χ2v) is 34.0. The zero-order valence-corrected chi connectivity index (χ0v) is 64.2. The lowest BCUT2D eigenvalue weighted by Crippen LogP contribution is -2.54. The van der Waals surface area contributed by atoms with Crippen LogP contribution in [0.4, 0.5) is 0 Å². The van der Waals surface area contributed by atoms with Gasteiger partial charge in [0.15, 0.2) is 11.6 Å². The highest BCUT2D eigenvalue weighted by Gasteiger charge is 2.69. The molecule has 0 saturated carbocycles. The van der Waals surface area contributed by atoms with Crippen molar-refractivity contribution in [1.82, 2.24) is 0 Å². The second-order valence-electron chi connectivity index (χ2n) is 34.0. The van der Waals surface area contributed by atoms with Crippen molar-refractivity contribution in [1.29, 1.82) is 0 Å². The van der Waals surface area contributed by atoms with Gasteiger partial charge in [-0.25, -0.2) is 0 Å². The lowest BCUT2D eigenvalue weighted by Gasteiger charge is -2.42. The van der Waals surface area contributed by atoms with Crippen molar-refractivity contribution >= 4 is 12.3 Å². The van der Waals surface area contributed by atoms with Crippen LogP contribution in [0.1, 0.15) is 217 Å². The lowest BCUT2D eigenvalue weighted by atomic mass is 9.80. The first kappa shape index (κ1) is 81.5. The van der Waals surface area contributed by atoms with Crippen LogP contribution in [0, 0.1) is 53.3 Å². The first-order valence-electron chi connectivity index (χ1n) is 40.4. The maximum atomic E-state index is 10.1. The Bertz CT molecular complexity index is 2790. The average Bonchev–Trinajstić information content (AvgIpc) is 1.56. The van der Waals surface area contributed by atoms with E-state index in [9.17, 15) is 10.2 Å². The van der Waals surface area contributed by atoms with Crippen molar-refractivity contribution in [2.45, 2.75) is 381 Å². The molecule has 20 heteroatoms. The van der Waals surface area contributed by atoms with E-state index in [0.29, 0.717) is 54.0 Å². The van der Waals surface area contributed by atoms with Crippen molar-refractivity contribution in [3.63, 3.8) is 0 Å². The Morgan fingerprint density at radius 3 is 1.24 bits per heavy atom. The highest BCUT2D eigenvalue weighted by atomic mass is 16.8. The van der Waals surface area contributed by atoms with Crippen LogP contribution in [0.3, 0.4) is 0 Å². The molecule has 0 aromatic rings. The van der Waals surface area contributed by atoms with Crippen LogP contribution in [0.25, 0.3) is 0 Å². The van der Waals surface area contributed by atoms with Crippen molar-refractivity contribution in [2.24, 2.45) is 53.3 Å². The quantitative estimate of drug-likeness (QED) is 0.0692. The normalized spacial score (nSPS) is 46.8. The van der Waals surface area contributed by atoms with Crippen LogP contribution in [-0.2, 0) is 85.5 Å². The smallest absolute Gasteiger partial charge is 0.373 e. The van der Waals surface area contributed by atoms with E-state index in [0.717, 1.165) is 140 Å². The van der Waals surface area contributed by atoms with Crippen molar-refractivity contribution in [2.75, 3.05) is 6.61 Å². The predicted molar refractivity (Wildman–Crippen MR) is 386 cm³/mol. The van der Waals surface area contributed by atoms with Gasteiger partial charge in [0.2, 0.25) is 0 Å². The molecule has 0 aliphatic carbocycles. The third-order valence-electron chi connectivity index (χ3n) is 27.3. The number of aliphatic hydroxyl groups is 2. The summed E-state index contributed by atoms with van der Waals surface area (Å²) < 4.78 is 93.4. The van der Waals surface area contributed by atoms with Crippen LogP contribution in [0.5, 0.6) is 0 Å². The number of carbonyl (C=O) groups excluding carboxylic acids is 4. The fourth-order valence-electron chi connectivity index (χ4n) is 21.1. The van der Waals surface area contributed by atoms with E-state index in [1.807, 2.05) is 12.2 Å². The molecule has 0 aromatic carbocycles. The van der Waals surface area contributed by atoms with Gasteiger partial charge in [-0.1, -0.05) is 127 Å². The predicted octanol–water partition coefficient (Wildman–Crippen LogP) is 13.1. The third kappa shape index (κ3) is 17.6. The average molecular weight is 1460 g/mol. The summed E-state index contributed by atoms with van der Waals surface area (Å²) >= 11 is 0. The molecule has 36 atom stereocenters. The highest BCUT2D eigenvalue weighted by Crippen LogP contribution is 2.57. The summed E-state index contributed by atoms with van der Waals surface area (Å²) in [7, 11) is 0. The van der Waals surface area contributed by atoms with E-state index in [2.05, 4.69) is 109 Å². The van der Waals surface area contributed by atoms with Gasteiger partial charge >= 0.3 is 12.3 Å². The SMILES string of the molecule is C=CC[C@@H]1O[C@H]2[C@H]3O[C@]4(CCC5CC(=C)[C@H](CCC6C[C@@H](C)C(=C)[C@@H](CC7O[C@H](C[C@H](C)CC)[C@H](C)[C@H]7CC)O6)O5)C[C@H]3O[C@H]2[C@@H](O4)C1C.C=CC[C@@H]1O[C@H]2[C@H]3O[C@]4(CCC5CC(=C)[C@H](CCC6C[C@@H](C)C(=C)[C@@H](CC7O[C@H](C[C@H](O)CO)[C@H](C)[C@H]7CC)O6)O5)C[C@H]3O[C@H]2[C@@H](O4)C1C.O=C=O.O=C=O. The van der Waals surface area contributed by atoms with Gasteiger partial charge in [0.1, 0.15) is 36.6 Å². The highest BCUT2D eigenvalue weighted by molar-refractivity contribution is 5.21. The first-order chi connectivity index (χ1) is 49.9. The Hall–Kier alpha value is -3.44. The molecular weight excluding hydrogens is 1330 g/mol. The molecule has 0 spiro atoms. The van der Waals surface area contributed by atoms with Gasteiger partial charge in [0.05, 0.1) is 123 Å². The minimum Gasteiger partial charge on any atom is -0.394 e. The summed E-state index contributed by atoms with van der Waals surface area (Å²) in [6.07, 6.45) is 25.4. The molecule has 16 fully saturated rings. The molecule has 16 heterocycles. The van der Waals surface area contributed by atoms with Crippen LogP contribution in [0.2, 0.25) is 0 Å². The Morgan fingerprint density at radius 1 is 0.471 bits per heavy atom. The molecule has 0 radical (unpaired) electrons. The summed E-state index contributed by atoms with van der Waals surface area (Å²) in [6.45, 7) is 48.4. The molecule has 16 saturated heterocycles. The summed E-state index contributed by atoms with van der Waals surface area (Å²) in [6, 6.07) is 0. The molecule has 104 heavy (non-hydrogen) atoms. The van der Waals surface area contributed by atoms with E-state index in [4.69, 9.17) is 85.5 Å². The molecule has 12 bridgehead atoms. The van der Waals surface area contributed by atoms with Crippen LogP contribution in [0.15, 0.2) is 73.9 Å². The van der Waals surface area contributed by atoms with Gasteiger partial charge in [0.25, 0.3) is 0 Å². The number of hydrogen-bond acceptors (Lipinski definition) is 20. The summed E-state index contributed by atoms with van der Waals surface area (Å²) in [5, 5.41) is 19.5. The standard InChI is InChI=1S/C42H66O7.C40H62O9.2CO2/c1-10-13-33-28(9)38-40-41(46-33)39-37(47-40)22-42(48-38,49-39)17-16-30-20-25(6)32(43-30)15-14-29-19-24(5)26(7)35(44-29)21-36-31(12-3)27(8)34(45-36)18-23(4)11-2;1-8-10-31-25(7)36-38-39(46-31)37-35(47-38)19-40(48-36,49-37)14-13-28-16-22(4)30(43-28)12-11-27-15-21(3)23(5)33(44-27)18-34-29(9-2)24(6)32(45-34)17-26(42)20-41;2*2-1-3/h10,23-24,27-41H,1,6-7,11-22H2,2-5,8-9H3;8,21,24-39,41-42H,1,4-5,9-20H2,2-3,6-7H3;;/t23-,24-,27-,28?,29?,30?,31-,32+,33+,34-,35-,36?,37-,38+,39+,40+,41+,42-;21-,24-,25?,26+,27?,28?,29-,30+,31+,32-,33-,34?,35-,36+,37+,38+,39+,40-;;/m11../s1. The summed E-state index contributed by atoms with van der Waals surface area (Å²) in [4.78, 5) is 32.5. The minimum absolute atomic E-state index is 0.0196. The zero-order valence-electron chi connectivity index (χ0n) is 64.2. The van der Waals surface area contributed by atoms with Crippen LogP contribution >= 0.6 is 0 Å². The van der Waals surface area contributed by atoms with Gasteiger partial charge in [-0.3, -0.25) is 0 Å². The topological polar surface area (TPSA) is 238 Å². The fourth-order valence-corrected chi connectivity index (χ4v) is 21.1. The van der Waals surface area contributed by atoms with Gasteiger partial charge < -0.3 is 76.5 Å². The van der Waals surface area contributed by atoms with Gasteiger partial charge in [-0.05, 0) is 147 Å². The fraction of sp³-hybridized carbons (Fsp3) is 0.833. The van der Waals surface area contributed by atoms with Crippen LogP contribution < -0.4 is 0 Å². The number of hydrogen-bond donors (Lipinski definition) is 2. The molecular formula is C84H128O20. The van der Waals surface area contributed by atoms with E-state index in [1.165, 1.54) is 23.1 Å². The van der Waals surface area contributed by atoms with E-state index in [-0.39, 0.29) is 171 Å². The Labute approximate surface area is 620 Å². The first-order valence-corrected chi connectivity index (χ1v) is 40.4. The molecule has 20 nitrogen and oxygen atoms in total. The maximum absolute atomic E-state index is 10.1. The van der Waals surface area contributed by atoms with Gasteiger partial charge in [0, 0.05) is 56.8 Å². The summed E-state index contributed by atoms with van der Waals surface area (Å²) in [5.74, 6) is 2.56. The Morgan fingerprint density at radius 2 is 0.856 bits per heavy atom. The monoisotopic (exact) mass is 1460 g/mol. The summed E-state index contributed by atoms with van der Waals surface area (Å²) in [5.41, 5.74) is 4.78. The van der Waals surface area contributed by atoms with Crippen molar-refractivity contribution < 1.29 is 95.7 Å². The Kier molecular flexibility index (Phi) is 28.0. The van der Waals surface area contributed by atoms with E-state index in [1.54, 1.807) is 0 Å². The molecule has 16 aliphatic rings. The maximum Gasteiger partial charge on any atom is 0.373 e. The van der Waals surface area contributed by atoms with E-state index >= 15 is 0 Å². The molecule has 8 unspecified atom stereocenters. The largest absolute Gasteiger partial charge is 0.394 e. The van der Waals surface area contributed by atoms with Crippen LogP contribution in [-0.4, -0.2) is 193 Å². The van der Waals surface area contributed by atoms with Crippen molar-refractivity contribution in [3.05, 3.63) is 73.9 Å². The second kappa shape index (κ2) is 35.7. The van der Waals surface area contributed by atoms with Gasteiger partial charge in [-0.15, -0.1) is 13.2 Å².